The molecule has 4 rings (SSSR count). The monoisotopic (exact) mass is 375 g/mol. The number of thioether (sulfide) groups is 1. The molecule has 0 bridgehead atoms. The Kier molecular flexibility index (Phi) is 4.66. The third kappa shape index (κ3) is 3.21. The fourth-order valence-electron chi connectivity index (χ4n) is 3.61. The molecule has 0 spiro atoms. The Morgan fingerprint density at radius 3 is 2.52 bits per heavy atom. The van der Waals surface area contributed by atoms with Crippen LogP contribution in [0.15, 0.2) is 65.6 Å². The van der Waals surface area contributed by atoms with Gasteiger partial charge in [-0.25, -0.2) is 0 Å². The number of hydrogen-bond acceptors (Lipinski definition) is 3. The number of aromatic nitrogens is 1. The van der Waals surface area contributed by atoms with Crippen molar-refractivity contribution in [3.05, 3.63) is 71.8 Å². The molecule has 0 saturated heterocycles. The average Bonchev–Trinajstić information content (AvgIpc) is 2.96. The first-order valence-corrected chi connectivity index (χ1v) is 9.90. The fourth-order valence-corrected chi connectivity index (χ4v) is 4.73. The zero-order valence-corrected chi connectivity index (χ0v) is 16.5. The molecule has 0 aliphatic carbocycles. The number of carbonyl (C=O) groups is 1. The maximum absolute atomic E-state index is 11.7. The highest BCUT2D eigenvalue weighted by Gasteiger charge is 2.20. The van der Waals surface area contributed by atoms with Gasteiger partial charge in [-0.3, -0.25) is 4.79 Å². The average molecular weight is 375 g/mol. The van der Waals surface area contributed by atoms with E-state index in [1.54, 1.807) is 11.8 Å². The fraction of sp³-hybridized carbons (Fsp3) is 0.174. The number of para-hydroxylation sites is 1. The van der Waals surface area contributed by atoms with Crippen LogP contribution in [0.25, 0.3) is 21.8 Å². The highest BCUT2D eigenvalue weighted by Crippen LogP contribution is 2.43. The molecule has 0 amide bonds. The SMILES string of the molecule is CC(=O)Oc1cc(C)c2c3ccccc3n(C)c2c1SCc1ccccc1. The Balaban J connectivity index is 1.94. The van der Waals surface area contributed by atoms with Crippen molar-refractivity contribution in [3.63, 3.8) is 0 Å². The second kappa shape index (κ2) is 7.12. The van der Waals surface area contributed by atoms with Crippen molar-refractivity contribution in [3.8, 4) is 5.75 Å². The van der Waals surface area contributed by atoms with Gasteiger partial charge in [-0.15, -0.1) is 11.8 Å². The number of nitrogens with zero attached hydrogens (tertiary/aromatic N) is 1. The van der Waals surface area contributed by atoms with Crippen LogP contribution in [0.2, 0.25) is 0 Å². The molecule has 4 aromatic rings. The summed E-state index contributed by atoms with van der Waals surface area (Å²) in [6.45, 7) is 3.53. The van der Waals surface area contributed by atoms with Crippen LogP contribution in [-0.2, 0) is 17.6 Å². The molecule has 0 fully saturated rings. The van der Waals surface area contributed by atoms with E-state index in [4.69, 9.17) is 4.74 Å². The summed E-state index contributed by atoms with van der Waals surface area (Å²) in [6, 6.07) is 20.7. The maximum atomic E-state index is 11.7. The summed E-state index contributed by atoms with van der Waals surface area (Å²) in [5.74, 6) is 1.16. The molecule has 0 saturated carbocycles. The van der Waals surface area contributed by atoms with E-state index in [0.717, 1.165) is 21.7 Å². The van der Waals surface area contributed by atoms with Gasteiger partial charge in [0.15, 0.2) is 0 Å². The normalized spacial score (nSPS) is 11.2. The van der Waals surface area contributed by atoms with Crippen molar-refractivity contribution in [1.29, 1.82) is 0 Å². The van der Waals surface area contributed by atoms with Crippen LogP contribution in [0.1, 0.15) is 18.1 Å². The van der Waals surface area contributed by atoms with E-state index in [-0.39, 0.29) is 5.97 Å². The first-order valence-electron chi connectivity index (χ1n) is 8.92. The second-order valence-corrected chi connectivity index (χ2v) is 7.67. The van der Waals surface area contributed by atoms with Gasteiger partial charge in [0.05, 0.1) is 10.4 Å². The minimum Gasteiger partial charge on any atom is -0.425 e. The molecular weight excluding hydrogens is 354 g/mol. The Morgan fingerprint density at radius 1 is 1.07 bits per heavy atom. The largest absolute Gasteiger partial charge is 0.425 e. The van der Waals surface area contributed by atoms with Crippen LogP contribution in [0.5, 0.6) is 5.75 Å². The van der Waals surface area contributed by atoms with Crippen molar-refractivity contribution < 1.29 is 9.53 Å². The predicted molar refractivity (Wildman–Crippen MR) is 112 cm³/mol. The van der Waals surface area contributed by atoms with Gasteiger partial charge in [-0.05, 0) is 30.2 Å². The summed E-state index contributed by atoms with van der Waals surface area (Å²) in [7, 11) is 2.08. The van der Waals surface area contributed by atoms with E-state index >= 15 is 0 Å². The lowest BCUT2D eigenvalue weighted by molar-refractivity contribution is -0.132. The number of fused-ring (bicyclic) bond motifs is 3. The number of ether oxygens (including phenoxy) is 1. The van der Waals surface area contributed by atoms with E-state index in [1.807, 2.05) is 24.3 Å². The van der Waals surface area contributed by atoms with Crippen LogP contribution in [0, 0.1) is 6.92 Å². The first kappa shape index (κ1) is 17.7. The highest BCUT2D eigenvalue weighted by atomic mass is 32.2. The van der Waals surface area contributed by atoms with Crippen LogP contribution >= 0.6 is 11.8 Å². The predicted octanol–water partition coefficient (Wildman–Crippen LogP) is 5.86. The lowest BCUT2D eigenvalue weighted by Gasteiger charge is -2.14. The summed E-state index contributed by atoms with van der Waals surface area (Å²) in [4.78, 5) is 12.7. The third-order valence-corrected chi connectivity index (χ3v) is 5.93. The summed E-state index contributed by atoms with van der Waals surface area (Å²) in [5, 5.41) is 2.45. The van der Waals surface area contributed by atoms with Crippen molar-refractivity contribution in [2.45, 2.75) is 24.5 Å². The van der Waals surface area contributed by atoms with Gasteiger partial charge in [0.25, 0.3) is 0 Å². The Hall–Kier alpha value is -2.72. The third-order valence-electron chi connectivity index (χ3n) is 4.77. The van der Waals surface area contributed by atoms with Crippen molar-refractivity contribution in [2.24, 2.45) is 7.05 Å². The molecule has 0 N–H and O–H groups in total. The highest BCUT2D eigenvalue weighted by molar-refractivity contribution is 7.98. The van der Waals surface area contributed by atoms with Crippen molar-refractivity contribution >= 4 is 39.5 Å². The zero-order chi connectivity index (χ0) is 19.0. The summed E-state index contributed by atoms with van der Waals surface area (Å²) < 4.78 is 7.81. The molecular formula is C23H21NO2S. The number of esters is 1. The Bertz CT molecular complexity index is 1150. The molecule has 27 heavy (non-hydrogen) atoms. The molecule has 3 aromatic carbocycles. The lowest BCUT2D eigenvalue weighted by Crippen LogP contribution is -2.04. The van der Waals surface area contributed by atoms with Gasteiger partial charge in [-0.2, -0.15) is 0 Å². The van der Waals surface area contributed by atoms with Crippen LogP contribution in [-0.4, -0.2) is 10.5 Å². The molecule has 136 valence electrons. The van der Waals surface area contributed by atoms with Gasteiger partial charge in [0.1, 0.15) is 5.75 Å². The van der Waals surface area contributed by atoms with Gasteiger partial charge < -0.3 is 9.30 Å². The molecule has 1 heterocycles. The van der Waals surface area contributed by atoms with Gasteiger partial charge in [-0.1, -0.05) is 48.5 Å². The Morgan fingerprint density at radius 2 is 1.78 bits per heavy atom. The molecule has 0 aliphatic heterocycles. The first-order chi connectivity index (χ1) is 13.1. The minimum atomic E-state index is -0.297. The number of aryl methyl sites for hydroxylation is 2. The number of benzene rings is 3. The molecule has 0 atom stereocenters. The van der Waals surface area contributed by atoms with Gasteiger partial charge in [0.2, 0.25) is 0 Å². The van der Waals surface area contributed by atoms with E-state index in [0.29, 0.717) is 5.75 Å². The zero-order valence-electron chi connectivity index (χ0n) is 15.7. The van der Waals surface area contributed by atoms with Crippen molar-refractivity contribution in [1.82, 2.24) is 4.57 Å². The van der Waals surface area contributed by atoms with E-state index in [9.17, 15) is 4.79 Å². The number of rotatable bonds is 4. The van der Waals surface area contributed by atoms with Crippen molar-refractivity contribution in [2.75, 3.05) is 0 Å². The maximum Gasteiger partial charge on any atom is 0.308 e. The summed E-state index contributed by atoms with van der Waals surface area (Å²) in [5.41, 5.74) is 4.65. The van der Waals surface area contributed by atoms with E-state index in [1.165, 1.54) is 28.8 Å². The second-order valence-electron chi connectivity index (χ2n) is 6.69. The number of hydrogen-bond donors (Lipinski definition) is 0. The van der Waals surface area contributed by atoms with Crippen LogP contribution < -0.4 is 4.74 Å². The Labute approximate surface area is 162 Å². The molecule has 0 radical (unpaired) electrons. The smallest absolute Gasteiger partial charge is 0.308 e. The molecule has 4 heteroatoms. The number of carbonyl (C=O) groups excluding carboxylic acids is 1. The van der Waals surface area contributed by atoms with E-state index < -0.39 is 0 Å². The molecule has 3 nitrogen and oxygen atoms in total. The van der Waals surface area contributed by atoms with Gasteiger partial charge >= 0.3 is 5.97 Å². The molecule has 1 aromatic heterocycles. The van der Waals surface area contributed by atoms with Crippen LogP contribution in [0.3, 0.4) is 0 Å². The summed E-state index contributed by atoms with van der Waals surface area (Å²) in [6.07, 6.45) is 0. The molecule has 0 aliphatic rings. The summed E-state index contributed by atoms with van der Waals surface area (Å²) >= 11 is 1.71. The topological polar surface area (TPSA) is 31.2 Å². The molecule has 0 unspecified atom stereocenters. The minimum absolute atomic E-state index is 0.297. The standard InChI is InChI=1S/C23H21NO2S/c1-15-13-20(26-16(2)25)23(27-14-17-9-5-4-6-10-17)22-21(15)18-11-7-8-12-19(18)24(22)3/h4-13H,14H2,1-3H3. The van der Waals surface area contributed by atoms with Crippen LogP contribution in [0.4, 0.5) is 0 Å². The lowest BCUT2D eigenvalue weighted by atomic mass is 10.1. The van der Waals surface area contributed by atoms with Gasteiger partial charge in [0, 0.05) is 36.0 Å². The quantitative estimate of drug-likeness (QED) is 0.254. The van der Waals surface area contributed by atoms with E-state index in [2.05, 4.69) is 54.9 Å².